The molecule has 1 saturated heterocycles. The second kappa shape index (κ2) is 5.96. The van der Waals surface area contributed by atoms with Crippen molar-refractivity contribution in [3.63, 3.8) is 0 Å². The summed E-state index contributed by atoms with van der Waals surface area (Å²) in [5.41, 5.74) is 2.34. The maximum atomic E-state index is 5.49. The number of rotatable bonds is 2. The number of aromatic nitrogens is 2. The first-order valence-corrected chi connectivity index (χ1v) is 8.01. The average molecular weight is 280 g/mol. The SMILES string of the molecule is COc1nc(N2CCSCC2)nc2c1CCNCC2. The molecule has 1 aromatic rings. The number of ether oxygens (including phenoxy) is 1. The van der Waals surface area contributed by atoms with Gasteiger partial charge in [-0.15, -0.1) is 0 Å². The van der Waals surface area contributed by atoms with Crippen LogP contribution in [0.4, 0.5) is 5.95 Å². The molecule has 0 atom stereocenters. The minimum Gasteiger partial charge on any atom is -0.481 e. The lowest BCUT2D eigenvalue weighted by molar-refractivity contribution is 0.390. The fourth-order valence-electron chi connectivity index (χ4n) is 2.57. The molecule has 0 saturated carbocycles. The smallest absolute Gasteiger partial charge is 0.228 e. The topological polar surface area (TPSA) is 50.3 Å². The van der Waals surface area contributed by atoms with Crippen LogP contribution in [-0.2, 0) is 12.8 Å². The summed E-state index contributed by atoms with van der Waals surface area (Å²) in [5.74, 6) is 3.92. The Labute approximate surface area is 118 Å². The van der Waals surface area contributed by atoms with Gasteiger partial charge in [0.1, 0.15) is 0 Å². The number of thioether (sulfide) groups is 1. The van der Waals surface area contributed by atoms with Gasteiger partial charge in [-0.25, -0.2) is 4.98 Å². The third-order valence-electron chi connectivity index (χ3n) is 3.62. The molecule has 3 heterocycles. The van der Waals surface area contributed by atoms with Crippen molar-refractivity contribution >= 4 is 17.7 Å². The average Bonchev–Trinajstić information content (AvgIpc) is 2.72. The van der Waals surface area contributed by atoms with Gasteiger partial charge in [0.15, 0.2) is 0 Å². The van der Waals surface area contributed by atoms with E-state index in [0.717, 1.165) is 68.0 Å². The van der Waals surface area contributed by atoms with E-state index in [1.807, 2.05) is 11.8 Å². The van der Waals surface area contributed by atoms with Crippen molar-refractivity contribution in [2.45, 2.75) is 12.8 Å². The van der Waals surface area contributed by atoms with Crippen molar-refractivity contribution in [3.8, 4) is 5.88 Å². The van der Waals surface area contributed by atoms with E-state index in [9.17, 15) is 0 Å². The molecule has 5 nitrogen and oxygen atoms in total. The summed E-state index contributed by atoms with van der Waals surface area (Å²) in [4.78, 5) is 11.7. The first-order chi connectivity index (χ1) is 9.38. The molecule has 0 aliphatic carbocycles. The molecule has 0 unspecified atom stereocenters. The predicted molar refractivity (Wildman–Crippen MR) is 78.4 cm³/mol. The normalized spacial score (nSPS) is 19.7. The maximum Gasteiger partial charge on any atom is 0.228 e. The number of hydrogen-bond donors (Lipinski definition) is 1. The molecule has 0 aromatic carbocycles. The van der Waals surface area contributed by atoms with E-state index in [0.29, 0.717) is 0 Å². The van der Waals surface area contributed by atoms with Gasteiger partial charge >= 0.3 is 0 Å². The zero-order valence-electron chi connectivity index (χ0n) is 11.3. The van der Waals surface area contributed by atoms with E-state index >= 15 is 0 Å². The fraction of sp³-hybridized carbons (Fsp3) is 0.692. The molecule has 2 aliphatic heterocycles. The van der Waals surface area contributed by atoms with Crippen LogP contribution >= 0.6 is 11.8 Å². The molecule has 0 bridgehead atoms. The van der Waals surface area contributed by atoms with E-state index in [2.05, 4.69) is 15.2 Å². The Kier molecular flexibility index (Phi) is 4.08. The third kappa shape index (κ3) is 2.79. The summed E-state index contributed by atoms with van der Waals surface area (Å²) in [7, 11) is 1.71. The monoisotopic (exact) mass is 280 g/mol. The maximum absolute atomic E-state index is 5.49. The molecular formula is C13H20N4OS. The number of fused-ring (bicyclic) bond motifs is 1. The molecule has 0 spiro atoms. The lowest BCUT2D eigenvalue weighted by Gasteiger charge is -2.27. The Balaban J connectivity index is 1.94. The van der Waals surface area contributed by atoms with Crippen molar-refractivity contribution in [1.29, 1.82) is 0 Å². The lowest BCUT2D eigenvalue weighted by atomic mass is 10.1. The Bertz CT molecular complexity index is 449. The molecular weight excluding hydrogens is 260 g/mol. The second-order valence-electron chi connectivity index (χ2n) is 4.81. The number of nitrogens with zero attached hydrogens (tertiary/aromatic N) is 3. The fourth-order valence-corrected chi connectivity index (χ4v) is 3.47. The van der Waals surface area contributed by atoms with Crippen LogP contribution in [0.3, 0.4) is 0 Å². The van der Waals surface area contributed by atoms with Gasteiger partial charge in [0.05, 0.1) is 12.8 Å². The van der Waals surface area contributed by atoms with Crippen molar-refractivity contribution in [3.05, 3.63) is 11.3 Å². The van der Waals surface area contributed by atoms with Crippen molar-refractivity contribution < 1.29 is 4.74 Å². The van der Waals surface area contributed by atoms with E-state index in [1.54, 1.807) is 7.11 Å². The van der Waals surface area contributed by atoms with Gasteiger partial charge < -0.3 is 15.0 Å². The number of methoxy groups -OCH3 is 1. The molecule has 1 aromatic heterocycles. The third-order valence-corrected chi connectivity index (χ3v) is 4.56. The van der Waals surface area contributed by atoms with Crippen LogP contribution in [0.2, 0.25) is 0 Å². The lowest BCUT2D eigenvalue weighted by Crippen LogP contribution is -2.34. The minimum absolute atomic E-state index is 0.766. The van der Waals surface area contributed by atoms with Crippen LogP contribution in [0, 0.1) is 0 Å². The zero-order valence-corrected chi connectivity index (χ0v) is 12.1. The van der Waals surface area contributed by atoms with Crippen LogP contribution < -0.4 is 15.0 Å². The highest BCUT2D eigenvalue weighted by Crippen LogP contribution is 2.25. The Morgan fingerprint density at radius 3 is 2.74 bits per heavy atom. The predicted octanol–water partition coefficient (Wildman–Crippen LogP) is 0.727. The molecule has 6 heteroatoms. The Morgan fingerprint density at radius 2 is 1.95 bits per heavy atom. The first kappa shape index (κ1) is 13.0. The van der Waals surface area contributed by atoms with E-state index in [-0.39, 0.29) is 0 Å². The number of nitrogens with one attached hydrogen (secondary N) is 1. The van der Waals surface area contributed by atoms with Gasteiger partial charge in [0.25, 0.3) is 0 Å². The van der Waals surface area contributed by atoms with Gasteiger partial charge in [-0.1, -0.05) is 0 Å². The Morgan fingerprint density at radius 1 is 1.16 bits per heavy atom. The molecule has 1 N–H and O–H groups in total. The summed E-state index contributed by atoms with van der Waals surface area (Å²) in [5, 5.41) is 3.40. The highest BCUT2D eigenvalue weighted by Gasteiger charge is 2.21. The molecule has 1 fully saturated rings. The summed E-state index contributed by atoms with van der Waals surface area (Å²) in [6.07, 6.45) is 1.92. The van der Waals surface area contributed by atoms with E-state index < -0.39 is 0 Å². The summed E-state index contributed by atoms with van der Waals surface area (Å²) < 4.78 is 5.49. The minimum atomic E-state index is 0.766. The van der Waals surface area contributed by atoms with Crippen molar-refractivity contribution in [2.75, 3.05) is 49.7 Å². The molecule has 2 aliphatic rings. The second-order valence-corrected chi connectivity index (χ2v) is 6.03. The largest absolute Gasteiger partial charge is 0.481 e. The van der Waals surface area contributed by atoms with Crippen molar-refractivity contribution in [2.24, 2.45) is 0 Å². The quantitative estimate of drug-likeness (QED) is 0.862. The molecule has 19 heavy (non-hydrogen) atoms. The zero-order chi connectivity index (χ0) is 13.1. The van der Waals surface area contributed by atoms with Crippen molar-refractivity contribution in [1.82, 2.24) is 15.3 Å². The highest BCUT2D eigenvalue weighted by molar-refractivity contribution is 7.99. The summed E-state index contributed by atoms with van der Waals surface area (Å²) in [6, 6.07) is 0. The number of hydrogen-bond acceptors (Lipinski definition) is 6. The van der Waals surface area contributed by atoms with Crippen LogP contribution in [0.5, 0.6) is 5.88 Å². The number of anilines is 1. The highest BCUT2D eigenvalue weighted by atomic mass is 32.2. The van der Waals surface area contributed by atoms with Gasteiger partial charge in [0.2, 0.25) is 11.8 Å². The van der Waals surface area contributed by atoms with E-state index in [1.165, 1.54) is 5.56 Å². The molecule has 3 rings (SSSR count). The van der Waals surface area contributed by atoms with Gasteiger partial charge in [-0.2, -0.15) is 16.7 Å². The molecule has 104 valence electrons. The first-order valence-electron chi connectivity index (χ1n) is 6.85. The van der Waals surface area contributed by atoms with Crippen LogP contribution in [0.25, 0.3) is 0 Å². The van der Waals surface area contributed by atoms with Gasteiger partial charge in [-0.3, -0.25) is 0 Å². The molecule has 0 amide bonds. The molecule has 0 radical (unpaired) electrons. The summed E-state index contributed by atoms with van der Waals surface area (Å²) in [6.45, 7) is 4.03. The van der Waals surface area contributed by atoms with Crippen LogP contribution in [0.1, 0.15) is 11.3 Å². The Hall–Kier alpha value is -1.01. The van der Waals surface area contributed by atoms with Crippen LogP contribution in [0.15, 0.2) is 0 Å². The standard InChI is InChI=1S/C13H20N4OS/c1-18-12-10-2-4-14-5-3-11(10)15-13(16-12)17-6-8-19-9-7-17/h14H,2-9H2,1H3. The van der Waals surface area contributed by atoms with E-state index in [4.69, 9.17) is 9.72 Å². The van der Waals surface area contributed by atoms with Gasteiger partial charge in [-0.05, 0) is 13.0 Å². The van der Waals surface area contributed by atoms with Gasteiger partial charge in [0, 0.05) is 43.1 Å². The van der Waals surface area contributed by atoms with Crippen LogP contribution in [-0.4, -0.2) is 54.8 Å². The summed E-state index contributed by atoms with van der Waals surface area (Å²) >= 11 is 2.00.